The van der Waals surface area contributed by atoms with E-state index in [4.69, 9.17) is 10.4 Å². The molecule has 0 radical (unpaired) electrons. The zero-order valence-electron chi connectivity index (χ0n) is 6.63. The summed E-state index contributed by atoms with van der Waals surface area (Å²) in [6.07, 6.45) is 0. The highest BCUT2D eigenvalue weighted by atomic mass is 35.5. The van der Waals surface area contributed by atoms with E-state index in [1.165, 1.54) is 11.1 Å². The highest BCUT2D eigenvalue weighted by Gasteiger charge is 1.87. The summed E-state index contributed by atoms with van der Waals surface area (Å²) in [4.78, 5) is 0. The predicted molar refractivity (Wildman–Crippen MR) is 48.4 cm³/mol. The number of benzene rings is 1. The molecule has 3 heteroatoms. The van der Waals surface area contributed by atoms with Gasteiger partial charge in [0, 0.05) is 5.69 Å². The number of hydrogen-bond acceptors (Lipinski definition) is 2. The van der Waals surface area contributed by atoms with Crippen molar-refractivity contribution in [2.45, 2.75) is 13.8 Å². The number of halogens is 1. The van der Waals surface area contributed by atoms with Crippen LogP contribution < -0.4 is 5.73 Å². The van der Waals surface area contributed by atoms with Gasteiger partial charge in [-0.3, -0.25) is 4.66 Å². The summed E-state index contributed by atoms with van der Waals surface area (Å²) in [6.45, 7) is 4.09. The maximum atomic E-state index is 6.47. The SMILES string of the molecule is Cc1cc(C)cc(N)c1.OCl. The zero-order chi connectivity index (χ0) is 8.85. The van der Waals surface area contributed by atoms with E-state index >= 15 is 0 Å². The van der Waals surface area contributed by atoms with E-state index in [-0.39, 0.29) is 0 Å². The average molecular weight is 174 g/mol. The lowest BCUT2D eigenvalue weighted by molar-refractivity contribution is 0.632. The van der Waals surface area contributed by atoms with Crippen LogP contribution >= 0.6 is 11.9 Å². The zero-order valence-corrected chi connectivity index (χ0v) is 7.39. The maximum Gasteiger partial charge on any atom is 0.0579 e. The smallest absolute Gasteiger partial charge is 0.0579 e. The van der Waals surface area contributed by atoms with Crippen LogP contribution in [0.5, 0.6) is 0 Å². The van der Waals surface area contributed by atoms with E-state index in [0.29, 0.717) is 0 Å². The maximum absolute atomic E-state index is 6.47. The topological polar surface area (TPSA) is 46.2 Å². The van der Waals surface area contributed by atoms with E-state index in [0.717, 1.165) is 5.69 Å². The Morgan fingerprint density at radius 1 is 1.09 bits per heavy atom. The Balaban J connectivity index is 0.000000461. The molecule has 0 unspecified atom stereocenters. The van der Waals surface area contributed by atoms with Gasteiger partial charge in [-0.15, -0.1) is 0 Å². The molecule has 0 aliphatic rings. The standard InChI is InChI=1S/C8H11N.ClHO/c1-6-3-7(2)5-8(9)4-6;1-2/h3-5H,9H2,1-2H3;2H. The molecule has 0 heterocycles. The van der Waals surface area contributed by atoms with E-state index in [1.807, 2.05) is 26.0 Å². The summed E-state index contributed by atoms with van der Waals surface area (Å²) in [5.41, 5.74) is 8.87. The molecule has 0 atom stereocenters. The van der Waals surface area contributed by atoms with Crippen molar-refractivity contribution >= 4 is 17.6 Å². The molecule has 1 aromatic rings. The highest BCUT2D eigenvalue weighted by molar-refractivity contribution is 6.04. The second-order valence-corrected chi connectivity index (χ2v) is 2.42. The van der Waals surface area contributed by atoms with E-state index in [9.17, 15) is 0 Å². The minimum atomic E-state index is 0.854. The first kappa shape index (κ1) is 10.3. The minimum Gasteiger partial charge on any atom is -0.399 e. The first-order valence-corrected chi connectivity index (χ1v) is 3.53. The van der Waals surface area contributed by atoms with Crippen molar-refractivity contribution in [2.24, 2.45) is 0 Å². The predicted octanol–water partition coefficient (Wildman–Crippen LogP) is 2.02. The van der Waals surface area contributed by atoms with Crippen LogP contribution in [-0.2, 0) is 0 Å². The molecule has 0 saturated carbocycles. The largest absolute Gasteiger partial charge is 0.399 e. The highest BCUT2D eigenvalue weighted by Crippen LogP contribution is 2.08. The minimum absolute atomic E-state index is 0.854. The lowest BCUT2D eigenvalue weighted by Gasteiger charge is -1.97. The van der Waals surface area contributed by atoms with Crippen LogP contribution in [0.1, 0.15) is 11.1 Å². The second-order valence-electron chi connectivity index (χ2n) is 2.42. The molecule has 0 amide bonds. The molecule has 1 rings (SSSR count). The molecule has 11 heavy (non-hydrogen) atoms. The molecule has 0 bridgehead atoms. The van der Waals surface area contributed by atoms with Gasteiger partial charge in [0.05, 0.1) is 11.9 Å². The second kappa shape index (κ2) is 4.99. The number of anilines is 1. The Kier molecular flexibility index (Phi) is 4.66. The van der Waals surface area contributed by atoms with Crippen molar-refractivity contribution < 1.29 is 4.66 Å². The van der Waals surface area contributed by atoms with Crippen molar-refractivity contribution in [1.29, 1.82) is 0 Å². The van der Waals surface area contributed by atoms with E-state index in [2.05, 4.69) is 17.9 Å². The third kappa shape index (κ3) is 3.86. The van der Waals surface area contributed by atoms with Crippen LogP contribution in [0, 0.1) is 13.8 Å². The van der Waals surface area contributed by atoms with Crippen LogP contribution in [0.25, 0.3) is 0 Å². The fourth-order valence-electron chi connectivity index (χ4n) is 1.01. The van der Waals surface area contributed by atoms with Gasteiger partial charge in [-0.05, 0) is 37.1 Å². The number of rotatable bonds is 0. The monoisotopic (exact) mass is 173 g/mol. The van der Waals surface area contributed by atoms with Crippen molar-refractivity contribution in [3.05, 3.63) is 29.3 Å². The normalized spacial score (nSPS) is 8.36. The molecule has 0 aromatic heterocycles. The Morgan fingerprint density at radius 2 is 1.45 bits per heavy atom. The van der Waals surface area contributed by atoms with Gasteiger partial charge in [0.2, 0.25) is 0 Å². The van der Waals surface area contributed by atoms with E-state index in [1.54, 1.807) is 0 Å². The van der Waals surface area contributed by atoms with Crippen LogP contribution in [0.15, 0.2) is 18.2 Å². The van der Waals surface area contributed by atoms with Gasteiger partial charge in [-0.2, -0.15) is 0 Å². The van der Waals surface area contributed by atoms with Crippen molar-refractivity contribution in [1.82, 2.24) is 0 Å². The van der Waals surface area contributed by atoms with Crippen molar-refractivity contribution in [3.63, 3.8) is 0 Å². The van der Waals surface area contributed by atoms with Gasteiger partial charge in [0.1, 0.15) is 0 Å². The molecule has 0 saturated heterocycles. The molecule has 0 spiro atoms. The number of aryl methyl sites for hydroxylation is 2. The summed E-state index contributed by atoms with van der Waals surface area (Å²) >= 11 is 3.64. The summed E-state index contributed by atoms with van der Waals surface area (Å²) in [6, 6.07) is 6.04. The van der Waals surface area contributed by atoms with Crippen LogP contribution in [0.4, 0.5) is 5.69 Å². The third-order valence-corrected chi connectivity index (χ3v) is 1.24. The van der Waals surface area contributed by atoms with Gasteiger partial charge in [0.15, 0.2) is 0 Å². The molecular weight excluding hydrogens is 162 g/mol. The van der Waals surface area contributed by atoms with Crippen LogP contribution in [-0.4, -0.2) is 4.66 Å². The Bertz CT molecular complexity index is 175. The quantitative estimate of drug-likeness (QED) is 0.590. The van der Waals surface area contributed by atoms with Gasteiger partial charge in [-0.25, -0.2) is 0 Å². The number of nitrogens with two attached hydrogens (primary N) is 1. The number of nitrogen functional groups attached to an aromatic ring is 1. The fourth-order valence-corrected chi connectivity index (χ4v) is 1.01. The molecule has 0 aliphatic heterocycles. The van der Waals surface area contributed by atoms with Gasteiger partial charge < -0.3 is 5.73 Å². The third-order valence-electron chi connectivity index (χ3n) is 1.24. The molecule has 1 aromatic carbocycles. The summed E-state index contributed by atoms with van der Waals surface area (Å²) in [5, 5.41) is 0. The molecule has 62 valence electrons. The summed E-state index contributed by atoms with van der Waals surface area (Å²) in [5.74, 6) is 0. The fraction of sp³-hybridized carbons (Fsp3) is 0.250. The average Bonchev–Trinajstić information content (AvgIpc) is 1.88. The van der Waals surface area contributed by atoms with Gasteiger partial charge >= 0.3 is 0 Å². The van der Waals surface area contributed by atoms with Gasteiger partial charge in [0.25, 0.3) is 0 Å². The Hall–Kier alpha value is -0.730. The lowest BCUT2D eigenvalue weighted by Crippen LogP contribution is -1.86. The first-order valence-electron chi connectivity index (χ1n) is 3.19. The van der Waals surface area contributed by atoms with E-state index < -0.39 is 0 Å². The molecule has 2 nitrogen and oxygen atoms in total. The molecule has 3 N–H and O–H groups in total. The van der Waals surface area contributed by atoms with Crippen LogP contribution in [0.2, 0.25) is 0 Å². The molecular formula is C8H12ClNO. The molecule has 0 aliphatic carbocycles. The Labute approximate surface area is 71.8 Å². The lowest BCUT2D eigenvalue weighted by atomic mass is 10.1. The van der Waals surface area contributed by atoms with Crippen LogP contribution in [0.3, 0.4) is 0 Å². The Morgan fingerprint density at radius 3 is 1.73 bits per heavy atom. The first-order chi connectivity index (χ1) is 5.18. The van der Waals surface area contributed by atoms with Crippen molar-refractivity contribution in [2.75, 3.05) is 5.73 Å². The summed E-state index contributed by atoms with van der Waals surface area (Å²) in [7, 11) is 0. The van der Waals surface area contributed by atoms with Gasteiger partial charge in [-0.1, -0.05) is 6.07 Å². The van der Waals surface area contributed by atoms with Crippen molar-refractivity contribution in [3.8, 4) is 0 Å². The number of hydrogen-bond donors (Lipinski definition) is 2. The molecule has 0 fully saturated rings. The summed E-state index contributed by atoms with van der Waals surface area (Å²) < 4.78 is 6.47.